The highest BCUT2D eigenvalue weighted by Gasteiger charge is 2.27. The van der Waals surface area contributed by atoms with Gasteiger partial charge in [0.2, 0.25) is 0 Å². The maximum absolute atomic E-state index is 9.62. The number of aliphatic hydroxyl groups is 1. The summed E-state index contributed by atoms with van der Waals surface area (Å²) < 4.78 is 0. The van der Waals surface area contributed by atoms with Crippen LogP contribution in [0.4, 0.5) is 0 Å². The average molecular weight is 249 g/mol. The lowest BCUT2D eigenvalue weighted by Gasteiger charge is -2.38. The number of nitrogens with two attached hydrogens (primary N) is 1. The van der Waals surface area contributed by atoms with Gasteiger partial charge in [0.25, 0.3) is 0 Å². The molecule has 4 heteroatoms. The van der Waals surface area contributed by atoms with Crippen LogP contribution in [0, 0.1) is 5.92 Å². The Kier molecular flexibility index (Phi) is 4.69. The summed E-state index contributed by atoms with van der Waals surface area (Å²) in [6.45, 7) is 4.52. The van der Waals surface area contributed by atoms with E-state index in [1.807, 2.05) is 19.2 Å². The van der Waals surface area contributed by atoms with Crippen LogP contribution < -0.4 is 5.73 Å². The second-order valence-electron chi connectivity index (χ2n) is 5.15. The van der Waals surface area contributed by atoms with Crippen molar-refractivity contribution in [2.75, 3.05) is 19.6 Å². The monoisotopic (exact) mass is 249 g/mol. The van der Waals surface area contributed by atoms with E-state index in [9.17, 15) is 5.11 Å². The normalized spacial score (nSPS) is 21.7. The van der Waals surface area contributed by atoms with E-state index in [0.717, 1.165) is 25.9 Å². The van der Waals surface area contributed by atoms with Crippen LogP contribution >= 0.6 is 0 Å². The molecule has 2 atom stereocenters. The highest BCUT2D eigenvalue weighted by Crippen LogP contribution is 2.27. The molecule has 0 saturated carbocycles. The quantitative estimate of drug-likeness (QED) is 0.841. The zero-order valence-electron chi connectivity index (χ0n) is 11.0. The molecule has 1 aliphatic heterocycles. The minimum absolute atomic E-state index is 0.193. The summed E-state index contributed by atoms with van der Waals surface area (Å²) in [4.78, 5) is 6.58. The second kappa shape index (κ2) is 6.27. The van der Waals surface area contributed by atoms with Crippen molar-refractivity contribution in [1.82, 2.24) is 9.88 Å². The van der Waals surface area contributed by atoms with Gasteiger partial charge in [-0.3, -0.25) is 9.88 Å². The number of aromatic nitrogens is 1. The Balaban J connectivity index is 1.99. The Morgan fingerprint density at radius 3 is 2.72 bits per heavy atom. The largest absolute Gasteiger partial charge is 0.393 e. The molecule has 1 aromatic heterocycles. The number of hydrogen-bond donors (Lipinski definition) is 2. The molecule has 3 N–H and O–H groups in total. The maximum atomic E-state index is 9.62. The van der Waals surface area contributed by atoms with Crippen molar-refractivity contribution in [1.29, 1.82) is 0 Å². The van der Waals surface area contributed by atoms with Gasteiger partial charge < -0.3 is 10.8 Å². The summed E-state index contributed by atoms with van der Waals surface area (Å²) in [6, 6.07) is 4.31. The lowest BCUT2D eigenvalue weighted by molar-refractivity contribution is 0.0568. The van der Waals surface area contributed by atoms with Gasteiger partial charge in [-0.2, -0.15) is 0 Å². The van der Waals surface area contributed by atoms with Crippen molar-refractivity contribution in [2.24, 2.45) is 11.7 Å². The van der Waals surface area contributed by atoms with Gasteiger partial charge in [-0.1, -0.05) is 6.07 Å². The van der Waals surface area contributed by atoms with Crippen LogP contribution in [-0.2, 0) is 0 Å². The molecule has 1 aromatic rings. The van der Waals surface area contributed by atoms with Crippen molar-refractivity contribution < 1.29 is 5.11 Å². The fourth-order valence-corrected chi connectivity index (χ4v) is 2.78. The fourth-order valence-electron chi connectivity index (χ4n) is 2.78. The fraction of sp³-hybridized carbons (Fsp3) is 0.643. The van der Waals surface area contributed by atoms with E-state index in [1.54, 1.807) is 6.20 Å². The molecule has 0 radical (unpaired) electrons. The molecule has 2 rings (SSSR count). The van der Waals surface area contributed by atoms with Gasteiger partial charge in [0, 0.05) is 25.0 Å². The van der Waals surface area contributed by atoms with Gasteiger partial charge in [-0.25, -0.2) is 0 Å². The van der Waals surface area contributed by atoms with Crippen molar-refractivity contribution in [3.8, 4) is 0 Å². The van der Waals surface area contributed by atoms with E-state index in [4.69, 9.17) is 5.73 Å². The van der Waals surface area contributed by atoms with E-state index in [1.165, 1.54) is 5.56 Å². The molecule has 0 aliphatic carbocycles. The second-order valence-corrected chi connectivity index (χ2v) is 5.15. The highest BCUT2D eigenvalue weighted by molar-refractivity contribution is 5.14. The summed E-state index contributed by atoms with van der Waals surface area (Å²) >= 11 is 0. The van der Waals surface area contributed by atoms with Crippen LogP contribution in [0.5, 0.6) is 0 Å². The number of nitrogens with zero attached hydrogens (tertiary/aromatic N) is 2. The molecule has 0 bridgehead atoms. The third-order valence-electron chi connectivity index (χ3n) is 3.99. The predicted molar refractivity (Wildman–Crippen MR) is 72.0 cm³/mol. The summed E-state index contributed by atoms with van der Waals surface area (Å²) in [7, 11) is 0. The Morgan fingerprint density at radius 2 is 2.22 bits per heavy atom. The first-order chi connectivity index (χ1) is 8.72. The molecule has 4 nitrogen and oxygen atoms in total. The number of rotatable bonds is 4. The van der Waals surface area contributed by atoms with Crippen LogP contribution in [0.15, 0.2) is 24.5 Å². The minimum Gasteiger partial charge on any atom is -0.393 e. The number of piperidine rings is 1. The number of likely N-dealkylation sites (tertiary alicyclic amines) is 1. The molecule has 1 aliphatic rings. The SMILES string of the molecule is CC(O)C1CCN(C(CN)c2cccnc2)CC1. The average Bonchev–Trinajstić information content (AvgIpc) is 2.41. The van der Waals surface area contributed by atoms with E-state index >= 15 is 0 Å². The van der Waals surface area contributed by atoms with Crippen molar-refractivity contribution in [2.45, 2.75) is 31.9 Å². The first-order valence-electron chi connectivity index (χ1n) is 6.74. The van der Waals surface area contributed by atoms with Crippen LogP contribution in [0.25, 0.3) is 0 Å². The zero-order chi connectivity index (χ0) is 13.0. The summed E-state index contributed by atoms with van der Waals surface area (Å²) in [6.07, 6.45) is 5.60. The number of pyridine rings is 1. The summed E-state index contributed by atoms with van der Waals surface area (Å²) in [5.74, 6) is 0.438. The lowest BCUT2D eigenvalue weighted by Crippen LogP contribution is -2.41. The number of hydrogen-bond acceptors (Lipinski definition) is 4. The van der Waals surface area contributed by atoms with Crippen LogP contribution in [0.2, 0.25) is 0 Å². The molecule has 0 amide bonds. The van der Waals surface area contributed by atoms with Gasteiger partial charge in [0.1, 0.15) is 0 Å². The Hall–Kier alpha value is -0.970. The van der Waals surface area contributed by atoms with E-state index in [0.29, 0.717) is 12.5 Å². The minimum atomic E-state index is -0.193. The third kappa shape index (κ3) is 3.07. The van der Waals surface area contributed by atoms with Crippen molar-refractivity contribution in [3.05, 3.63) is 30.1 Å². The van der Waals surface area contributed by atoms with E-state index in [2.05, 4.69) is 16.0 Å². The summed E-state index contributed by atoms with van der Waals surface area (Å²) in [5.41, 5.74) is 7.10. The maximum Gasteiger partial charge on any atom is 0.0541 e. The number of aliphatic hydroxyl groups excluding tert-OH is 1. The standard InChI is InChI=1S/C14H23N3O/c1-11(18)12-4-7-17(8-5-12)14(9-15)13-3-2-6-16-10-13/h2-3,6,10-12,14,18H,4-5,7-9,15H2,1H3. The molecular weight excluding hydrogens is 226 g/mol. The van der Waals surface area contributed by atoms with Crippen molar-refractivity contribution in [3.63, 3.8) is 0 Å². The molecule has 0 spiro atoms. The molecule has 18 heavy (non-hydrogen) atoms. The molecule has 2 unspecified atom stereocenters. The Labute approximate surface area is 109 Å². The summed E-state index contributed by atoms with van der Waals surface area (Å²) in [5, 5.41) is 9.62. The first kappa shape index (κ1) is 13.5. The first-order valence-corrected chi connectivity index (χ1v) is 6.74. The topological polar surface area (TPSA) is 62.4 Å². The predicted octanol–water partition coefficient (Wildman–Crippen LogP) is 1.17. The van der Waals surface area contributed by atoms with Crippen molar-refractivity contribution >= 4 is 0 Å². The third-order valence-corrected chi connectivity index (χ3v) is 3.99. The van der Waals surface area contributed by atoms with Crippen LogP contribution in [-0.4, -0.2) is 40.7 Å². The molecule has 1 fully saturated rings. The lowest BCUT2D eigenvalue weighted by atomic mass is 9.91. The zero-order valence-corrected chi connectivity index (χ0v) is 11.0. The molecule has 1 saturated heterocycles. The van der Waals surface area contributed by atoms with E-state index < -0.39 is 0 Å². The van der Waals surface area contributed by atoms with Crippen LogP contribution in [0.1, 0.15) is 31.4 Å². The van der Waals surface area contributed by atoms with Gasteiger partial charge in [-0.05, 0) is 50.4 Å². The van der Waals surface area contributed by atoms with Crippen LogP contribution in [0.3, 0.4) is 0 Å². The molecular formula is C14H23N3O. The van der Waals surface area contributed by atoms with Gasteiger partial charge in [-0.15, -0.1) is 0 Å². The highest BCUT2D eigenvalue weighted by atomic mass is 16.3. The molecule has 0 aromatic carbocycles. The van der Waals surface area contributed by atoms with Gasteiger partial charge in [0.05, 0.1) is 6.10 Å². The Morgan fingerprint density at radius 1 is 1.50 bits per heavy atom. The molecule has 2 heterocycles. The Bertz CT molecular complexity index is 347. The molecule has 100 valence electrons. The van der Waals surface area contributed by atoms with Gasteiger partial charge >= 0.3 is 0 Å². The van der Waals surface area contributed by atoms with E-state index in [-0.39, 0.29) is 12.1 Å². The smallest absolute Gasteiger partial charge is 0.0541 e. The van der Waals surface area contributed by atoms with Gasteiger partial charge in [0.15, 0.2) is 0 Å².